The molecule has 2 aliphatic rings. The molecule has 0 saturated carbocycles. The largest absolute Gasteiger partial charge is 0.536 e. The minimum absolute atomic E-state index is 0.0362. The molecule has 0 bridgehead atoms. The first kappa shape index (κ1) is 26.6. The highest BCUT2D eigenvalue weighted by molar-refractivity contribution is 7.13. The van der Waals surface area contributed by atoms with Gasteiger partial charge in [-0.05, 0) is 24.5 Å². The van der Waals surface area contributed by atoms with Crippen LogP contribution in [0.25, 0.3) is 0 Å². The first-order chi connectivity index (χ1) is 17.7. The average Bonchev–Trinajstić information content (AvgIpc) is 3.30. The van der Waals surface area contributed by atoms with Crippen molar-refractivity contribution in [3.63, 3.8) is 0 Å². The van der Waals surface area contributed by atoms with Gasteiger partial charge in [-0.3, -0.25) is 19.3 Å². The van der Waals surface area contributed by atoms with Crippen molar-refractivity contribution in [1.29, 1.82) is 0 Å². The van der Waals surface area contributed by atoms with Gasteiger partial charge in [0.15, 0.2) is 10.9 Å². The van der Waals surface area contributed by atoms with Crippen molar-refractivity contribution >= 4 is 47.2 Å². The fraction of sp³-hybridized carbons (Fsp3) is 0.435. The summed E-state index contributed by atoms with van der Waals surface area (Å²) in [6.45, 7) is 2.47. The molecule has 1 saturated heterocycles. The molecule has 4 N–H and O–H groups in total. The van der Waals surface area contributed by atoms with Gasteiger partial charge < -0.3 is 30.4 Å². The van der Waals surface area contributed by atoms with Gasteiger partial charge in [-0.1, -0.05) is 18.2 Å². The third-order valence-electron chi connectivity index (χ3n) is 6.43. The van der Waals surface area contributed by atoms with Crippen LogP contribution in [0.4, 0.5) is 9.93 Å². The lowest BCUT2D eigenvalue weighted by atomic mass is 9.64. The number of para-hydroxylation sites is 1. The molecule has 4 amide bonds. The monoisotopic (exact) mass is 529 g/mol. The molecule has 0 spiro atoms. The van der Waals surface area contributed by atoms with Crippen LogP contribution in [0.5, 0.6) is 5.75 Å². The van der Waals surface area contributed by atoms with E-state index in [1.165, 1.54) is 12.0 Å². The van der Waals surface area contributed by atoms with Gasteiger partial charge in [0.1, 0.15) is 11.8 Å². The number of carbonyl (C=O) groups is 4. The number of imide groups is 1. The van der Waals surface area contributed by atoms with Crippen LogP contribution in [0.3, 0.4) is 0 Å². The fourth-order valence-corrected chi connectivity index (χ4v) is 5.02. The normalized spacial score (nSPS) is 18.4. The topological polar surface area (TPSA) is 164 Å². The van der Waals surface area contributed by atoms with Crippen LogP contribution in [0.15, 0.2) is 23.6 Å². The Labute approximate surface area is 217 Å². The molecular weight excluding hydrogens is 501 g/mol. The Morgan fingerprint density at radius 3 is 2.84 bits per heavy atom. The standard InChI is InChI=1S/C23H28BN5O7S/c1-13-4-3-5-14-10-15(24(34)36-19(13)14)11-17(30)18(16-12-37-22(25)26-16)27-23(33)29-7-6-28(8-9-35-2)20(31)21(29)32/h3-5,12,15,18,34H,6-11H2,1-2H3,(H2,25,26)(H,27,33)/t15-,18?/m1/s1. The SMILES string of the molecule is COCCN1CCN(C(=O)NC(C(=O)C[C@H]2Cc3cccc(C)c3OB2O)c2csc(N)n2)C(=O)C1=O. The fourth-order valence-electron chi connectivity index (χ4n) is 4.43. The highest BCUT2D eigenvalue weighted by Gasteiger charge is 2.41. The average molecular weight is 529 g/mol. The minimum Gasteiger partial charge on any atom is -0.536 e. The summed E-state index contributed by atoms with van der Waals surface area (Å²) < 4.78 is 10.6. The van der Waals surface area contributed by atoms with Gasteiger partial charge in [-0.25, -0.2) is 9.78 Å². The molecule has 14 heteroatoms. The Hall–Kier alpha value is -3.49. The zero-order valence-electron chi connectivity index (χ0n) is 20.5. The van der Waals surface area contributed by atoms with Gasteiger partial charge in [-0.2, -0.15) is 0 Å². The number of amides is 4. The van der Waals surface area contributed by atoms with E-state index in [2.05, 4.69) is 10.3 Å². The van der Waals surface area contributed by atoms with Crippen molar-refractivity contribution < 1.29 is 33.6 Å². The van der Waals surface area contributed by atoms with Crippen LogP contribution in [0.1, 0.15) is 29.3 Å². The lowest BCUT2D eigenvalue weighted by Crippen LogP contribution is -2.59. The van der Waals surface area contributed by atoms with E-state index in [-0.39, 0.29) is 43.5 Å². The second-order valence-corrected chi connectivity index (χ2v) is 9.83. The number of anilines is 1. The molecule has 4 rings (SSSR count). The maximum Gasteiger partial charge on any atom is 0.526 e. The maximum atomic E-state index is 13.4. The molecule has 2 aromatic rings. The number of nitrogens with zero attached hydrogens (tertiary/aromatic N) is 3. The molecule has 1 fully saturated rings. The number of hydrogen-bond acceptors (Lipinski definition) is 10. The molecule has 1 aromatic heterocycles. The van der Waals surface area contributed by atoms with Gasteiger partial charge in [0.05, 0.1) is 12.3 Å². The highest BCUT2D eigenvalue weighted by atomic mass is 32.1. The lowest BCUT2D eigenvalue weighted by Gasteiger charge is -2.33. The molecule has 2 aliphatic heterocycles. The van der Waals surface area contributed by atoms with Crippen LogP contribution in [-0.2, 0) is 25.5 Å². The number of Topliss-reactive ketones (excluding diaryl/α,β-unsaturated/α-hetero) is 1. The smallest absolute Gasteiger partial charge is 0.526 e. The number of nitrogens with one attached hydrogen (secondary N) is 1. The summed E-state index contributed by atoms with van der Waals surface area (Å²) in [4.78, 5) is 57.7. The number of piperazine rings is 1. The van der Waals surface area contributed by atoms with Crippen molar-refractivity contribution in [2.24, 2.45) is 0 Å². The van der Waals surface area contributed by atoms with E-state index >= 15 is 0 Å². The predicted molar refractivity (Wildman–Crippen MR) is 135 cm³/mol. The van der Waals surface area contributed by atoms with Crippen molar-refractivity contribution in [3.05, 3.63) is 40.4 Å². The van der Waals surface area contributed by atoms with Gasteiger partial charge >= 0.3 is 25.0 Å². The van der Waals surface area contributed by atoms with Gasteiger partial charge in [0.25, 0.3) is 0 Å². The van der Waals surface area contributed by atoms with Crippen LogP contribution >= 0.6 is 11.3 Å². The van der Waals surface area contributed by atoms with E-state index in [0.29, 0.717) is 12.2 Å². The van der Waals surface area contributed by atoms with Gasteiger partial charge in [0, 0.05) is 44.4 Å². The summed E-state index contributed by atoms with van der Waals surface area (Å²) in [6.07, 6.45) is 0.273. The second kappa shape index (κ2) is 11.3. The molecule has 3 heterocycles. The number of nitrogens with two attached hydrogens (primary N) is 1. The summed E-state index contributed by atoms with van der Waals surface area (Å²) in [5, 5.41) is 14.9. The van der Waals surface area contributed by atoms with Crippen LogP contribution < -0.4 is 15.7 Å². The number of ketones is 1. The minimum atomic E-state index is -1.23. The zero-order valence-corrected chi connectivity index (χ0v) is 21.3. The van der Waals surface area contributed by atoms with Gasteiger partial charge in [0.2, 0.25) is 0 Å². The Kier molecular flexibility index (Phi) is 8.10. The molecule has 1 unspecified atom stereocenters. The first-order valence-corrected chi connectivity index (χ1v) is 12.6. The van der Waals surface area contributed by atoms with Crippen molar-refractivity contribution in [2.45, 2.75) is 31.6 Å². The van der Waals surface area contributed by atoms with E-state index in [1.54, 1.807) is 5.38 Å². The third kappa shape index (κ3) is 5.76. The van der Waals surface area contributed by atoms with Crippen LogP contribution in [0.2, 0.25) is 5.82 Å². The summed E-state index contributed by atoms with van der Waals surface area (Å²) in [5.41, 5.74) is 7.72. The summed E-state index contributed by atoms with van der Waals surface area (Å²) in [7, 11) is 0.269. The second-order valence-electron chi connectivity index (χ2n) is 8.94. The number of ether oxygens (including phenoxy) is 1. The van der Waals surface area contributed by atoms with E-state index in [9.17, 15) is 24.2 Å². The Morgan fingerprint density at radius 1 is 1.35 bits per heavy atom. The maximum absolute atomic E-state index is 13.4. The molecule has 2 atom stereocenters. The zero-order chi connectivity index (χ0) is 26.7. The van der Waals surface area contributed by atoms with Gasteiger partial charge in [-0.15, -0.1) is 11.3 Å². The van der Waals surface area contributed by atoms with Crippen LogP contribution in [-0.4, -0.2) is 83.9 Å². The number of methoxy groups -OCH3 is 1. The number of fused-ring (bicyclic) bond motifs is 1. The number of rotatable bonds is 8. The quantitative estimate of drug-likeness (QED) is 0.327. The van der Waals surface area contributed by atoms with Crippen molar-refractivity contribution in [3.8, 4) is 5.75 Å². The Morgan fingerprint density at radius 2 is 2.14 bits per heavy atom. The van der Waals surface area contributed by atoms with E-state index < -0.39 is 42.6 Å². The van der Waals surface area contributed by atoms with Crippen molar-refractivity contribution in [1.82, 2.24) is 20.1 Å². The number of aromatic nitrogens is 1. The van der Waals surface area contributed by atoms with E-state index in [1.807, 2.05) is 25.1 Å². The number of nitrogen functional groups attached to an aromatic ring is 1. The first-order valence-electron chi connectivity index (χ1n) is 11.8. The number of aryl methyl sites for hydroxylation is 1. The number of hydrogen-bond donors (Lipinski definition) is 3. The number of carbonyl (C=O) groups excluding carboxylic acids is 4. The van der Waals surface area contributed by atoms with E-state index in [4.69, 9.17) is 15.1 Å². The molecule has 0 aliphatic carbocycles. The summed E-state index contributed by atoms with van der Waals surface area (Å²) in [5.74, 6) is -2.23. The molecule has 1 aromatic carbocycles. The molecular formula is C23H28BN5O7S. The molecule has 37 heavy (non-hydrogen) atoms. The Bertz CT molecular complexity index is 1210. The van der Waals surface area contributed by atoms with Crippen LogP contribution in [0, 0.1) is 6.92 Å². The molecule has 196 valence electrons. The summed E-state index contributed by atoms with van der Waals surface area (Å²) in [6, 6.07) is 3.50. The number of urea groups is 1. The predicted octanol–water partition coefficient (Wildman–Crippen LogP) is 0.547. The number of thiazole rings is 1. The van der Waals surface area contributed by atoms with E-state index in [0.717, 1.165) is 27.4 Å². The molecule has 0 radical (unpaired) electrons. The third-order valence-corrected chi connectivity index (χ3v) is 7.12. The van der Waals surface area contributed by atoms with Crippen molar-refractivity contribution in [2.75, 3.05) is 39.1 Å². The Balaban J connectivity index is 1.48. The summed E-state index contributed by atoms with van der Waals surface area (Å²) >= 11 is 1.10. The highest BCUT2D eigenvalue weighted by Crippen LogP contribution is 2.37. The lowest BCUT2D eigenvalue weighted by molar-refractivity contribution is -0.154. The number of benzene rings is 1. The molecule has 12 nitrogen and oxygen atoms in total.